The Labute approximate surface area is 97.2 Å². The van der Waals surface area contributed by atoms with Crippen molar-refractivity contribution in [2.24, 2.45) is 0 Å². The number of carbonyl (C=O) groups is 1. The van der Waals surface area contributed by atoms with E-state index in [-0.39, 0.29) is 22.4 Å². The molecule has 0 aliphatic rings. The van der Waals surface area contributed by atoms with E-state index in [2.05, 4.69) is 10.3 Å². The van der Waals surface area contributed by atoms with Gasteiger partial charge in [0.1, 0.15) is 16.8 Å². The van der Waals surface area contributed by atoms with E-state index in [0.717, 1.165) is 6.26 Å². The lowest BCUT2D eigenvalue weighted by atomic mass is 10.2. The lowest BCUT2D eigenvalue weighted by molar-refractivity contribution is 0.0697. The fraction of sp³-hybridized carbons (Fsp3) is 0.250. The Kier molecular flexibility index (Phi) is 3.71. The van der Waals surface area contributed by atoms with Crippen LogP contribution < -0.4 is 5.32 Å². The standard InChI is InChI=1S/C8H9ClN2O4S/c1-16(14,15)4-10-7-3-5(8(12)13)2-6(9)11-7/h2-3H,4H2,1H3,(H,10,11)(H,12,13). The maximum atomic E-state index is 10.9. The number of halogens is 1. The van der Waals surface area contributed by atoms with E-state index in [1.54, 1.807) is 0 Å². The van der Waals surface area contributed by atoms with Crippen molar-refractivity contribution in [2.75, 3.05) is 17.4 Å². The summed E-state index contributed by atoms with van der Waals surface area (Å²) in [4.78, 5) is 14.4. The minimum Gasteiger partial charge on any atom is -0.478 e. The number of sulfone groups is 1. The molecular weight excluding hydrogens is 256 g/mol. The predicted octanol–water partition coefficient (Wildman–Crippen LogP) is 0.847. The topological polar surface area (TPSA) is 96.4 Å². The zero-order valence-corrected chi connectivity index (χ0v) is 9.84. The van der Waals surface area contributed by atoms with Gasteiger partial charge < -0.3 is 10.4 Å². The van der Waals surface area contributed by atoms with Crippen LogP contribution in [0, 0.1) is 0 Å². The van der Waals surface area contributed by atoms with Crippen molar-refractivity contribution in [2.45, 2.75) is 0 Å². The maximum absolute atomic E-state index is 10.9. The number of hydrogen-bond acceptors (Lipinski definition) is 5. The molecule has 8 heteroatoms. The Hall–Kier alpha value is -1.34. The normalized spacial score (nSPS) is 11.1. The van der Waals surface area contributed by atoms with Gasteiger partial charge in [-0.15, -0.1) is 0 Å². The molecule has 88 valence electrons. The van der Waals surface area contributed by atoms with Crippen molar-refractivity contribution in [1.82, 2.24) is 4.98 Å². The number of carboxylic acids is 1. The number of anilines is 1. The summed E-state index contributed by atoms with van der Waals surface area (Å²) in [7, 11) is -3.21. The van der Waals surface area contributed by atoms with Crippen molar-refractivity contribution in [1.29, 1.82) is 0 Å². The van der Waals surface area contributed by atoms with Crippen LogP contribution in [-0.4, -0.2) is 36.6 Å². The zero-order chi connectivity index (χ0) is 12.3. The van der Waals surface area contributed by atoms with E-state index in [9.17, 15) is 13.2 Å². The molecule has 0 saturated heterocycles. The molecule has 0 aliphatic carbocycles. The summed E-state index contributed by atoms with van der Waals surface area (Å²) in [5, 5.41) is 11.2. The van der Waals surface area contributed by atoms with E-state index in [1.807, 2.05) is 0 Å². The molecule has 0 bridgehead atoms. The average molecular weight is 265 g/mol. The van der Waals surface area contributed by atoms with Crippen LogP contribution in [0.15, 0.2) is 12.1 Å². The number of nitrogens with one attached hydrogen (secondary N) is 1. The van der Waals surface area contributed by atoms with Gasteiger partial charge in [-0.25, -0.2) is 18.2 Å². The number of rotatable bonds is 4. The highest BCUT2D eigenvalue weighted by Gasteiger charge is 2.08. The third kappa shape index (κ3) is 4.03. The lowest BCUT2D eigenvalue weighted by Crippen LogP contribution is -2.13. The molecule has 1 aromatic heterocycles. The molecule has 16 heavy (non-hydrogen) atoms. The van der Waals surface area contributed by atoms with Crippen molar-refractivity contribution in [3.63, 3.8) is 0 Å². The Balaban J connectivity index is 2.93. The maximum Gasteiger partial charge on any atom is 0.335 e. The molecule has 6 nitrogen and oxygen atoms in total. The van der Waals surface area contributed by atoms with Gasteiger partial charge in [-0.1, -0.05) is 11.6 Å². The molecule has 2 N–H and O–H groups in total. The smallest absolute Gasteiger partial charge is 0.335 e. The van der Waals surface area contributed by atoms with E-state index in [4.69, 9.17) is 16.7 Å². The monoisotopic (exact) mass is 264 g/mol. The number of carboxylic acid groups (broad SMARTS) is 1. The summed E-state index contributed by atoms with van der Waals surface area (Å²) >= 11 is 5.58. The van der Waals surface area contributed by atoms with Crippen molar-refractivity contribution in [3.05, 3.63) is 22.8 Å². The third-order valence-corrected chi connectivity index (χ3v) is 2.42. The molecule has 0 saturated carbocycles. The first-order chi connectivity index (χ1) is 7.28. The summed E-state index contributed by atoms with van der Waals surface area (Å²) < 4.78 is 21.7. The van der Waals surface area contributed by atoms with E-state index < -0.39 is 15.8 Å². The molecule has 0 fully saturated rings. The average Bonchev–Trinajstić information content (AvgIpc) is 2.13. The van der Waals surface area contributed by atoms with Crippen LogP contribution in [0.5, 0.6) is 0 Å². The SMILES string of the molecule is CS(=O)(=O)CNc1cc(C(=O)O)cc(Cl)n1. The third-order valence-electron chi connectivity index (χ3n) is 1.56. The number of nitrogens with zero attached hydrogens (tertiary/aromatic N) is 1. The van der Waals surface area contributed by atoms with Gasteiger partial charge in [-0.05, 0) is 12.1 Å². The molecule has 0 radical (unpaired) electrons. The number of aromatic nitrogens is 1. The van der Waals surface area contributed by atoms with Crippen LogP contribution in [0.3, 0.4) is 0 Å². The summed E-state index contributed by atoms with van der Waals surface area (Å²) in [5.41, 5.74) is -0.0593. The van der Waals surface area contributed by atoms with Gasteiger partial charge in [0, 0.05) is 6.26 Å². The first kappa shape index (κ1) is 12.7. The molecule has 0 aromatic carbocycles. The van der Waals surface area contributed by atoms with Crippen molar-refractivity contribution >= 4 is 33.2 Å². The van der Waals surface area contributed by atoms with E-state index >= 15 is 0 Å². The summed E-state index contributed by atoms with van der Waals surface area (Å²) in [6, 6.07) is 2.38. The van der Waals surface area contributed by atoms with Gasteiger partial charge >= 0.3 is 5.97 Å². The van der Waals surface area contributed by atoms with E-state index in [0.29, 0.717) is 0 Å². The Morgan fingerprint density at radius 1 is 1.56 bits per heavy atom. The van der Waals surface area contributed by atoms with Crippen molar-refractivity contribution < 1.29 is 18.3 Å². The molecular formula is C8H9ClN2O4S. The lowest BCUT2D eigenvalue weighted by Gasteiger charge is -2.05. The quantitative estimate of drug-likeness (QED) is 0.783. The molecule has 1 heterocycles. The highest BCUT2D eigenvalue weighted by Crippen LogP contribution is 2.14. The van der Waals surface area contributed by atoms with Gasteiger partial charge in [0.15, 0.2) is 9.84 Å². The van der Waals surface area contributed by atoms with Crippen molar-refractivity contribution in [3.8, 4) is 0 Å². The Morgan fingerprint density at radius 2 is 2.19 bits per heavy atom. The number of hydrogen-bond donors (Lipinski definition) is 2. The number of aromatic carboxylic acids is 1. The van der Waals surface area contributed by atoms with Crippen LogP contribution >= 0.6 is 11.6 Å². The predicted molar refractivity (Wildman–Crippen MR) is 59.5 cm³/mol. The minimum atomic E-state index is -3.21. The number of pyridine rings is 1. The minimum absolute atomic E-state index is 0.0177. The highest BCUT2D eigenvalue weighted by atomic mass is 35.5. The van der Waals surface area contributed by atoms with Crippen LogP contribution in [0.25, 0.3) is 0 Å². The summed E-state index contributed by atoms with van der Waals surface area (Å²) in [6.45, 7) is 0. The molecule has 0 spiro atoms. The van der Waals surface area contributed by atoms with Crippen LogP contribution in [0.1, 0.15) is 10.4 Å². The zero-order valence-electron chi connectivity index (χ0n) is 8.27. The van der Waals surface area contributed by atoms with Crippen LogP contribution in [0.2, 0.25) is 5.15 Å². The van der Waals surface area contributed by atoms with Gasteiger partial charge in [0.2, 0.25) is 0 Å². The molecule has 0 atom stereocenters. The summed E-state index contributed by atoms with van der Waals surface area (Å²) in [6.07, 6.45) is 1.04. The second kappa shape index (κ2) is 4.67. The molecule has 0 unspecified atom stereocenters. The van der Waals surface area contributed by atoms with Gasteiger partial charge in [-0.2, -0.15) is 0 Å². The van der Waals surface area contributed by atoms with E-state index in [1.165, 1.54) is 12.1 Å². The van der Waals surface area contributed by atoms with Gasteiger partial charge in [0.05, 0.1) is 5.56 Å². The molecule has 0 amide bonds. The molecule has 0 aliphatic heterocycles. The molecule has 1 aromatic rings. The first-order valence-electron chi connectivity index (χ1n) is 4.10. The summed E-state index contributed by atoms with van der Waals surface area (Å²) in [5.74, 6) is -1.39. The van der Waals surface area contributed by atoms with Crippen LogP contribution in [-0.2, 0) is 9.84 Å². The van der Waals surface area contributed by atoms with Crippen LogP contribution in [0.4, 0.5) is 5.82 Å². The van der Waals surface area contributed by atoms with Gasteiger partial charge in [0.25, 0.3) is 0 Å². The fourth-order valence-corrected chi connectivity index (χ4v) is 1.53. The van der Waals surface area contributed by atoms with Gasteiger partial charge in [-0.3, -0.25) is 0 Å². The Morgan fingerprint density at radius 3 is 2.69 bits per heavy atom. The molecule has 1 rings (SSSR count). The first-order valence-corrected chi connectivity index (χ1v) is 6.54. The fourth-order valence-electron chi connectivity index (χ4n) is 0.916. The second-order valence-corrected chi connectivity index (χ2v) is 5.64. The second-order valence-electron chi connectivity index (χ2n) is 3.12. The highest BCUT2D eigenvalue weighted by molar-refractivity contribution is 7.90. The Bertz CT molecular complexity index is 515. The largest absolute Gasteiger partial charge is 0.478 e.